The summed E-state index contributed by atoms with van der Waals surface area (Å²) in [5.74, 6) is -0.362. The lowest BCUT2D eigenvalue weighted by molar-refractivity contribution is 0.0532. The summed E-state index contributed by atoms with van der Waals surface area (Å²) in [5.41, 5.74) is 3.52. The van der Waals surface area contributed by atoms with Gasteiger partial charge in [-0.3, -0.25) is 4.98 Å². The van der Waals surface area contributed by atoms with Crippen LogP contribution in [0.5, 0.6) is 0 Å². The lowest BCUT2D eigenvalue weighted by atomic mass is 10.2. The second-order valence-corrected chi connectivity index (χ2v) is 6.15. The average molecular weight is 339 g/mol. The highest BCUT2D eigenvalue weighted by atomic mass is 32.1. The Morgan fingerprint density at radius 2 is 2.04 bits per heavy atom. The van der Waals surface area contributed by atoms with Crippen LogP contribution in [0.3, 0.4) is 0 Å². The van der Waals surface area contributed by atoms with E-state index in [0.29, 0.717) is 22.3 Å². The normalized spacial score (nSPS) is 10.4. The van der Waals surface area contributed by atoms with Gasteiger partial charge in [0, 0.05) is 23.6 Å². The van der Waals surface area contributed by atoms with Crippen molar-refractivity contribution in [2.45, 2.75) is 13.8 Å². The summed E-state index contributed by atoms with van der Waals surface area (Å²) in [6.07, 6.45) is 3.36. The first-order valence-electron chi connectivity index (χ1n) is 7.59. The number of hydrogen-bond donors (Lipinski definition) is 1. The molecule has 2 aromatic heterocycles. The molecule has 0 spiro atoms. The van der Waals surface area contributed by atoms with Crippen molar-refractivity contribution in [2.24, 2.45) is 0 Å². The van der Waals surface area contributed by atoms with Crippen molar-refractivity contribution in [3.8, 4) is 11.3 Å². The van der Waals surface area contributed by atoms with Gasteiger partial charge < -0.3 is 10.1 Å². The largest absolute Gasteiger partial charge is 0.462 e. The van der Waals surface area contributed by atoms with E-state index in [1.165, 1.54) is 11.3 Å². The maximum Gasteiger partial charge on any atom is 0.350 e. The van der Waals surface area contributed by atoms with Gasteiger partial charge in [-0.15, -0.1) is 0 Å². The molecular weight excluding hydrogens is 322 g/mol. The van der Waals surface area contributed by atoms with Gasteiger partial charge in [0.05, 0.1) is 12.3 Å². The number of ether oxygens (including phenoxy) is 1. The summed E-state index contributed by atoms with van der Waals surface area (Å²) in [6.45, 7) is 4.14. The topological polar surface area (TPSA) is 64.1 Å². The molecule has 0 saturated carbocycles. The number of hydrogen-bond acceptors (Lipinski definition) is 6. The number of aromatic nitrogens is 2. The molecule has 1 N–H and O–H groups in total. The fraction of sp³-hybridized carbons (Fsp3) is 0.167. The summed E-state index contributed by atoms with van der Waals surface area (Å²) < 4.78 is 5.16. The van der Waals surface area contributed by atoms with Crippen molar-refractivity contribution >= 4 is 28.1 Å². The molecule has 6 heteroatoms. The Labute approximate surface area is 144 Å². The van der Waals surface area contributed by atoms with Gasteiger partial charge in [-0.1, -0.05) is 23.5 Å². The molecule has 0 aliphatic heterocycles. The monoisotopic (exact) mass is 339 g/mol. The van der Waals surface area contributed by atoms with Crippen LogP contribution in [0.15, 0.2) is 48.8 Å². The van der Waals surface area contributed by atoms with E-state index in [9.17, 15) is 4.79 Å². The molecule has 0 unspecified atom stereocenters. The first-order chi connectivity index (χ1) is 11.7. The highest BCUT2D eigenvalue weighted by Crippen LogP contribution is 2.33. The predicted molar refractivity (Wildman–Crippen MR) is 95.8 cm³/mol. The highest BCUT2D eigenvalue weighted by Gasteiger charge is 2.20. The van der Waals surface area contributed by atoms with Gasteiger partial charge in [-0.05, 0) is 43.7 Å². The van der Waals surface area contributed by atoms with Gasteiger partial charge in [0.1, 0.15) is 4.88 Å². The summed E-state index contributed by atoms with van der Waals surface area (Å²) in [4.78, 5) is 21.3. The van der Waals surface area contributed by atoms with Gasteiger partial charge in [0.2, 0.25) is 0 Å². The zero-order valence-electron chi connectivity index (χ0n) is 13.4. The summed E-state index contributed by atoms with van der Waals surface area (Å²) >= 11 is 1.29. The van der Waals surface area contributed by atoms with Crippen molar-refractivity contribution in [2.75, 3.05) is 11.9 Å². The number of pyridine rings is 1. The van der Waals surface area contributed by atoms with Crippen molar-refractivity contribution in [1.29, 1.82) is 0 Å². The molecule has 0 fully saturated rings. The zero-order chi connectivity index (χ0) is 16.9. The number of nitrogens with one attached hydrogen (secondary N) is 1. The van der Waals surface area contributed by atoms with Crippen LogP contribution in [0.2, 0.25) is 0 Å². The number of nitrogens with zero attached hydrogens (tertiary/aromatic N) is 2. The first-order valence-corrected chi connectivity index (χ1v) is 8.41. The van der Waals surface area contributed by atoms with Crippen molar-refractivity contribution in [3.05, 3.63) is 59.2 Å². The Morgan fingerprint density at radius 3 is 2.75 bits per heavy atom. The highest BCUT2D eigenvalue weighted by molar-refractivity contribution is 7.18. The van der Waals surface area contributed by atoms with Crippen molar-refractivity contribution in [1.82, 2.24) is 9.97 Å². The van der Waals surface area contributed by atoms with Gasteiger partial charge >= 0.3 is 5.97 Å². The number of aryl methyl sites for hydroxylation is 1. The zero-order valence-corrected chi connectivity index (χ0v) is 14.3. The van der Waals surface area contributed by atoms with Crippen LogP contribution in [0, 0.1) is 6.92 Å². The minimum Gasteiger partial charge on any atom is -0.462 e. The van der Waals surface area contributed by atoms with E-state index in [0.717, 1.165) is 16.8 Å². The molecule has 0 radical (unpaired) electrons. The average Bonchev–Trinajstić information content (AvgIpc) is 3.00. The van der Waals surface area contributed by atoms with Gasteiger partial charge in [0.15, 0.2) is 5.13 Å². The van der Waals surface area contributed by atoms with Crippen LogP contribution in [-0.4, -0.2) is 22.5 Å². The molecule has 0 amide bonds. The fourth-order valence-electron chi connectivity index (χ4n) is 2.26. The first kappa shape index (κ1) is 16.1. The quantitative estimate of drug-likeness (QED) is 0.697. The fourth-order valence-corrected chi connectivity index (χ4v) is 3.16. The SMILES string of the molecule is CCOC(=O)c1sc(Nc2cccc(C)c2)nc1-c1ccncc1. The predicted octanol–water partition coefficient (Wildman–Crippen LogP) is 4.43. The molecule has 3 aromatic rings. The number of thiazole rings is 1. The van der Waals surface area contributed by atoms with E-state index < -0.39 is 0 Å². The maximum absolute atomic E-state index is 12.3. The number of carbonyl (C=O) groups is 1. The van der Waals surface area contributed by atoms with Crippen LogP contribution in [0.1, 0.15) is 22.2 Å². The summed E-state index contributed by atoms with van der Waals surface area (Å²) in [6, 6.07) is 11.6. The molecule has 0 aliphatic rings. The van der Waals surface area contributed by atoms with E-state index >= 15 is 0 Å². The molecule has 1 aromatic carbocycles. The Morgan fingerprint density at radius 1 is 1.25 bits per heavy atom. The molecule has 2 heterocycles. The lowest BCUT2D eigenvalue weighted by Gasteiger charge is -2.02. The molecule has 0 atom stereocenters. The molecular formula is C18H17N3O2S. The summed E-state index contributed by atoms with van der Waals surface area (Å²) in [5, 5.41) is 3.90. The molecule has 5 nitrogen and oxygen atoms in total. The lowest BCUT2D eigenvalue weighted by Crippen LogP contribution is -2.03. The van der Waals surface area contributed by atoms with Crippen LogP contribution in [0.25, 0.3) is 11.3 Å². The number of benzene rings is 1. The Balaban J connectivity index is 1.98. The summed E-state index contributed by atoms with van der Waals surface area (Å²) in [7, 11) is 0. The Kier molecular flexibility index (Phi) is 4.86. The maximum atomic E-state index is 12.3. The minimum absolute atomic E-state index is 0.327. The number of rotatable bonds is 5. The van der Waals surface area contributed by atoms with E-state index in [-0.39, 0.29) is 5.97 Å². The second-order valence-electron chi connectivity index (χ2n) is 5.15. The Hall–Kier alpha value is -2.73. The number of anilines is 2. The standard InChI is InChI=1S/C18H17N3O2S/c1-3-23-17(22)16-15(13-7-9-19-10-8-13)21-18(24-16)20-14-6-4-5-12(2)11-14/h4-11H,3H2,1-2H3,(H,20,21). The molecule has 24 heavy (non-hydrogen) atoms. The van der Waals surface area contributed by atoms with E-state index in [1.807, 2.05) is 43.3 Å². The van der Waals surface area contributed by atoms with Crippen molar-refractivity contribution in [3.63, 3.8) is 0 Å². The third kappa shape index (κ3) is 3.60. The molecule has 0 saturated heterocycles. The van der Waals surface area contributed by atoms with E-state index in [1.54, 1.807) is 19.3 Å². The third-order valence-electron chi connectivity index (χ3n) is 3.31. The number of carbonyl (C=O) groups excluding carboxylic acids is 1. The smallest absolute Gasteiger partial charge is 0.350 e. The van der Waals surface area contributed by atoms with E-state index in [4.69, 9.17) is 4.74 Å². The van der Waals surface area contributed by atoms with Crippen LogP contribution < -0.4 is 5.32 Å². The van der Waals surface area contributed by atoms with Crippen molar-refractivity contribution < 1.29 is 9.53 Å². The molecule has 0 bridgehead atoms. The molecule has 122 valence electrons. The van der Waals surface area contributed by atoms with Crippen LogP contribution in [-0.2, 0) is 4.74 Å². The molecule has 0 aliphatic carbocycles. The Bertz CT molecular complexity index is 846. The van der Waals surface area contributed by atoms with Gasteiger partial charge in [0.25, 0.3) is 0 Å². The molecule has 3 rings (SSSR count). The second kappa shape index (κ2) is 7.23. The van der Waals surface area contributed by atoms with Crippen LogP contribution >= 0.6 is 11.3 Å². The van der Waals surface area contributed by atoms with E-state index in [2.05, 4.69) is 15.3 Å². The third-order valence-corrected chi connectivity index (χ3v) is 4.26. The number of esters is 1. The van der Waals surface area contributed by atoms with Gasteiger partial charge in [-0.25, -0.2) is 9.78 Å². The van der Waals surface area contributed by atoms with Gasteiger partial charge in [-0.2, -0.15) is 0 Å². The van der Waals surface area contributed by atoms with Crippen LogP contribution in [0.4, 0.5) is 10.8 Å². The minimum atomic E-state index is -0.362.